The Morgan fingerprint density at radius 3 is 2.21 bits per heavy atom. The number of amides is 3. The number of benzene rings is 1. The van der Waals surface area contributed by atoms with Crippen molar-refractivity contribution in [1.82, 2.24) is 14.7 Å². The van der Waals surface area contributed by atoms with Crippen LogP contribution in [0.1, 0.15) is 37.6 Å². The molecule has 0 N–H and O–H groups in total. The summed E-state index contributed by atoms with van der Waals surface area (Å²) in [5, 5.41) is 0. The van der Waals surface area contributed by atoms with Crippen molar-refractivity contribution in [1.29, 1.82) is 0 Å². The lowest BCUT2D eigenvalue weighted by Gasteiger charge is -2.37. The van der Waals surface area contributed by atoms with Crippen LogP contribution in [0.15, 0.2) is 16.6 Å². The number of rotatable bonds is 7. The molecule has 1 aromatic carbocycles. The zero-order valence-electron chi connectivity index (χ0n) is 17.2. The summed E-state index contributed by atoms with van der Waals surface area (Å²) in [7, 11) is 1.56. The maximum absolute atomic E-state index is 13.0. The molecule has 0 radical (unpaired) electrons. The Morgan fingerprint density at radius 2 is 1.68 bits per heavy atom. The molecule has 28 heavy (non-hydrogen) atoms. The minimum absolute atomic E-state index is 0.0407. The third kappa shape index (κ3) is 5.10. The van der Waals surface area contributed by atoms with Gasteiger partial charge in [0.05, 0.1) is 18.2 Å². The van der Waals surface area contributed by atoms with Gasteiger partial charge in [0.1, 0.15) is 0 Å². The molecule has 0 bridgehead atoms. The van der Waals surface area contributed by atoms with Gasteiger partial charge in [-0.2, -0.15) is 0 Å². The Labute approximate surface area is 175 Å². The van der Waals surface area contributed by atoms with Gasteiger partial charge in [-0.1, -0.05) is 6.92 Å². The first-order valence-corrected chi connectivity index (χ1v) is 10.6. The third-order valence-electron chi connectivity index (χ3n) is 4.80. The number of methoxy groups -OCH3 is 1. The summed E-state index contributed by atoms with van der Waals surface area (Å²) in [4.78, 5) is 30.8. The zero-order valence-corrected chi connectivity index (χ0v) is 18.8. The van der Waals surface area contributed by atoms with Crippen molar-refractivity contribution in [3.8, 4) is 11.5 Å². The van der Waals surface area contributed by atoms with Crippen molar-refractivity contribution in [2.75, 3.05) is 53.0 Å². The van der Waals surface area contributed by atoms with E-state index in [1.807, 2.05) is 25.7 Å². The molecule has 0 aliphatic carbocycles. The highest BCUT2D eigenvalue weighted by Gasteiger charge is 2.27. The second-order valence-electron chi connectivity index (χ2n) is 6.57. The van der Waals surface area contributed by atoms with Crippen LogP contribution >= 0.6 is 15.9 Å². The van der Waals surface area contributed by atoms with E-state index in [9.17, 15) is 9.59 Å². The summed E-state index contributed by atoms with van der Waals surface area (Å²) < 4.78 is 11.8. The fourth-order valence-corrected chi connectivity index (χ4v) is 3.72. The summed E-state index contributed by atoms with van der Waals surface area (Å²) in [5.41, 5.74) is 0.538. The fraction of sp³-hybridized carbons (Fsp3) is 0.600. The summed E-state index contributed by atoms with van der Waals surface area (Å²) >= 11 is 3.49. The molecule has 8 heteroatoms. The van der Waals surface area contributed by atoms with Crippen molar-refractivity contribution < 1.29 is 19.1 Å². The van der Waals surface area contributed by atoms with Crippen molar-refractivity contribution in [2.24, 2.45) is 0 Å². The van der Waals surface area contributed by atoms with Gasteiger partial charge in [-0.3, -0.25) is 4.79 Å². The van der Waals surface area contributed by atoms with Crippen LogP contribution in [0.25, 0.3) is 0 Å². The zero-order chi connectivity index (χ0) is 20.7. The number of piperazine rings is 1. The van der Waals surface area contributed by atoms with Gasteiger partial charge >= 0.3 is 6.03 Å². The first kappa shape index (κ1) is 22.3. The molecule has 1 aliphatic heterocycles. The average molecular weight is 456 g/mol. The quantitative estimate of drug-likeness (QED) is 0.631. The maximum Gasteiger partial charge on any atom is 0.320 e. The Hall–Kier alpha value is -1.96. The van der Waals surface area contributed by atoms with Crippen LogP contribution in [0.3, 0.4) is 0 Å². The highest BCUT2D eigenvalue weighted by Crippen LogP contribution is 2.37. The van der Waals surface area contributed by atoms with Gasteiger partial charge in [-0.15, -0.1) is 0 Å². The lowest BCUT2D eigenvalue weighted by molar-refractivity contribution is 0.0641. The highest BCUT2D eigenvalue weighted by molar-refractivity contribution is 9.10. The normalized spacial score (nSPS) is 14.0. The Bertz CT molecular complexity index is 686. The molecule has 1 aromatic rings. The molecular weight excluding hydrogens is 426 g/mol. The molecule has 1 saturated heterocycles. The number of carbonyl (C=O) groups excluding carboxylic acids is 2. The molecule has 1 fully saturated rings. The predicted octanol–water partition coefficient (Wildman–Crippen LogP) is 3.47. The van der Waals surface area contributed by atoms with Crippen molar-refractivity contribution in [3.63, 3.8) is 0 Å². The molecule has 0 spiro atoms. The van der Waals surface area contributed by atoms with Crippen molar-refractivity contribution in [3.05, 3.63) is 22.2 Å². The van der Waals surface area contributed by atoms with Gasteiger partial charge in [-0.05, 0) is 48.3 Å². The highest BCUT2D eigenvalue weighted by atomic mass is 79.9. The van der Waals surface area contributed by atoms with Crippen LogP contribution in [0.4, 0.5) is 4.79 Å². The van der Waals surface area contributed by atoms with Gasteiger partial charge < -0.3 is 24.2 Å². The Kier molecular flexibility index (Phi) is 8.41. The van der Waals surface area contributed by atoms with Crippen LogP contribution in [-0.4, -0.2) is 79.6 Å². The summed E-state index contributed by atoms with van der Waals surface area (Å²) in [6.07, 6.45) is 0.882. The minimum atomic E-state index is -0.0732. The maximum atomic E-state index is 13.0. The first-order valence-electron chi connectivity index (χ1n) is 9.80. The van der Waals surface area contributed by atoms with Crippen molar-refractivity contribution >= 4 is 27.9 Å². The van der Waals surface area contributed by atoms with Gasteiger partial charge in [0.25, 0.3) is 5.91 Å². The molecule has 156 valence electrons. The fourth-order valence-electron chi connectivity index (χ4n) is 3.17. The molecule has 7 nitrogen and oxygen atoms in total. The van der Waals surface area contributed by atoms with Crippen LogP contribution in [0.2, 0.25) is 0 Å². The number of hydrogen-bond donors (Lipinski definition) is 0. The van der Waals surface area contributed by atoms with Crippen LogP contribution in [0.5, 0.6) is 11.5 Å². The minimum Gasteiger partial charge on any atom is -0.493 e. The Morgan fingerprint density at radius 1 is 1.07 bits per heavy atom. The average Bonchev–Trinajstić information content (AvgIpc) is 2.72. The van der Waals surface area contributed by atoms with Crippen molar-refractivity contribution in [2.45, 2.75) is 27.2 Å². The first-order chi connectivity index (χ1) is 13.5. The number of ether oxygens (including phenoxy) is 2. The third-order valence-corrected chi connectivity index (χ3v) is 5.39. The molecule has 0 aromatic heterocycles. The van der Waals surface area contributed by atoms with E-state index in [1.165, 1.54) is 0 Å². The number of hydrogen-bond acceptors (Lipinski definition) is 4. The monoisotopic (exact) mass is 455 g/mol. The molecular formula is C20H30BrN3O4. The van der Waals surface area contributed by atoms with E-state index < -0.39 is 0 Å². The van der Waals surface area contributed by atoms with E-state index in [4.69, 9.17) is 9.47 Å². The number of carbonyl (C=O) groups is 2. The van der Waals surface area contributed by atoms with Gasteiger partial charge in [0, 0.05) is 44.8 Å². The molecule has 0 atom stereocenters. The summed E-state index contributed by atoms with van der Waals surface area (Å²) in [6.45, 7) is 10.0. The standard InChI is InChI=1S/C20H30BrN3O4/c1-5-12-28-18-16(21)13-15(14-17(18)27-4)19(25)23-8-10-24(11-9-23)20(26)22(6-2)7-3/h13-14H,5-12H2,1-4H3. The number of nitrogens with zero attached hydrogens (tertiary/aromatic N) is 3. The van der Waals surface area contributed by atoms with Gasteiger partial charge in [0.2, 0.25) is 0 Å². The SMILES string of the molecule is CCCOc1c(Br)cc(C(=O)N2CCN(C(=O)N(CC)CC)CC2)cc1OC. The van der Waals surface area contributed by atoms with E-state index in [-0.39, 0.29) is 11.9 Å². The van der Waals surface area contributed by atoms with Crippen LogP contribution < -0.4 is 9.47 Å². The second kappa shape index (κ2) is 10.5. The second-order valence-corrected chi connectivity index (χ2v) is 7.43. The lowest BCUT2D eigenvalue weighted by Crippen LogP contribution is -2.54. The van der Waals surface area contributed by atoms with Gasteiger partial charge in [-0.25, -0.2) is 4.79 Å². The van der Waals surface area contributed by atoms with Gasteiger partial charge in [0.15, 0.2) is 11.5 Å². The molecule has 3 amide bonds. The molecule has 0 unspecified atom stereocenters. The number of urea groups is 1. The van der Waals surface area contributed by atoms with E-state index in [0.717, 1.165) is 6.42 Å². The van der Waals surface area contributed by atoms with Crippen LogP contribution in [-0.2, 0) is 0 Å². The molecule has 1 heterocycles. The smallest absolute Gasteiger partial charge is 0.320 e. The Balaban J connectivity index is 2.07. The largest absolute Gasteiger partial charge is 0.493 e. The van der Waals surface area contributed by atoms with E-state index >= 15 is 0 Å². The number of halogens is 1. The molecule has 0 saturated carbocycles. The van der Waals surface area contributed by atoms with Crippen LogP contribution in [0, 0.1) is 0 Å². The predicted molar refractivity (Wildman–Crippen MR) is 112 cm³/mol. The summed E-state index contributed by atoms with van der Waals surface area (Å²) in [5.74, 6) is 1.06. The molecule has 2 rings (SSSR count). The van der Waals surface area contributed by atoms with E-state index in [1.54, 1.807) is 29.0 Å². The van der Waals surface area contributed by atoms with E-state index in [2.05, 4.69) is 15.9 Å². The molecule has 1 aliphatic rings. The topological polar surface area (TPSA) is 62.3 Å². The lowest BCUT2D eigenvalue weighted by atomic mass is 10.1. The van der Waals surface area contributed by atoms with E-state index in [0.29, 0.717) is 67.4 Å². The summed E-state index contributed by atoms with van der Waals surface area (Å²) in [6, 6.07) is 3.52.